The van der Waals surface area contributed by atoms with E-state index in [1.54, 1.807) is 0 Å². The van der Waals surface area contributed by atoms with Gasteiger partial charge >= 0.3 is 0 Å². The van der Waals surface area contributed by atoms with Crippen molar-refractivity contribution in [2.75, 3.05) is 45.9 Å². The predicted molar refractivity (Wildman–Crippen MR) is 161 cm³/mol. The molecule has 2 aliphatic carbocycles. The van der Waals surface area contributed by atoms with Crippen LogP contribution in [0.4, 0.5) is 0 Å². The summed E-state index contributed by atoms with van der Waals surface area (Å²) < 4.78 is 7.32. The Balaban J connectivity index is 1.24. The van der Waals surface area contributed by atoms with Crippen LogP contribution in [0.15, 0.2) is 54.6 Å². The molecule has 0 bridgehead atoms. The zero-order valence-electron chi connectivity index (χ0n) is 25.0. The molecule has 2 amide bonds. The topological polar surface area (TPSA) is 92.6 Å². The van der Waals surface area contributed by atoms with Crippen LogP contribution in [0.3, 0.4) is 0 Å². The normalized spacial score (nSPS) is 27.0. The van der Waals surface area contributed by atoms with Gasteiger partial charge in [0.15, 0.2) is 5.69 Å². The number of allylic oxidation sites excluding steroid dienone is 4. The molecule has 1 N–H and O–H groups in total. The van der Waals surface area contributed by atoms with Crippen molar-refractivity contribution in [1.82, 2.24) is 30.1 Å². The second-order valence-electron chi connectivity index (χ2n) is 12.9. The van der Waals surface area contributed by atoms with Crippen LogP contribution in [0.1, 0.15) is 55.7 Å². The minimum Gasteiger partial charge on any atom is -0.378 e. The number of carbonyl (C=O) groups excluding carboxylic acids is 2. The van der Waals surface area contributed by atoms with Gasteiger partial charge in [0, 0.05) is 44.2 Å². The van der Waals surface area contributed by atoms with E-state index in [0.29, 0.717) is 56.9 Å². The number of carbonyl (C=O) groups is 2. The van der Waals surface area contributed by atoms with Gasteiger partial charge in [-0.15, -0.1) is 5.10 Å². The van der Waals surface area contributed by atoms with Gasteiger partial charge in [0.2, 0.25) is 5.91 Å². The summed E-state index contributed by atoms with van der Waals surface area (Å²) >= 11 is 0. The average molecular weight is 573 g/mol. The Morgan fingerprint density at radius 3 is 2.69 bits per heavy atom. The molecule has 224 valence electrons. The van der Waals surface area contributed by atoms with E-state index in [9.17, 15) is 9.59 Å². The molecule has 0 radical (unpaired) electrons. The van der Waals surface area contributed by atoms with Crippen LogP contribution in [0.5, 0.6) is 0 Å². The molecular formula is C33H44N6O3. The summed E-state index contributed by atoms with van der Waals surface area (Å²) in [6.07, 6.45) is 13.0. The molecule has 9 nitrogen and oxygen atoms in total. The van der Waals surface area contributed by atoms with Crippen molar-refractivity contribution in [3.63, 3.8) is 0 Å². The van der Waals surface area contributed by atoms with E-state index in [1.807, 2.05) is 39.9 Å². The van der Waals surface area contributed by atoms with E-state index in [0.717, 1.165) is 50.0 Å². The summed E-state index contributed by atoms with van der Waals surface area (Å²) in [5.74, 6) is 0.857. The van der Waals surface area contributed by atoms with Crippen LogP contribution in [-0.4, -0.2) is 88.6 Å². The summed E-state index contributed by atoms with van der Waals surface area (Å²) in [4.78, 5) is 31.8. The molecule has 3 heterocycles. The molecule has 3 fully saturated rings. The number of piperidine rings is 1. The number of hydrogen-bond donors (Lipinski definition) is 1. The Kier molecular flexibility index (Phi) is 8.58. The number of nitrogens with one attached hydrogen (secondary N) is 1. The van der Waals surface area contributed by atoms with Crippen molar-refractivity contribution in [2.24, 2.45) is 23.2 Å². The highest BCUT2D eigenvalue weighted by atomic mass is 16.5. The molecule has 3 unspecified atom stereocenters. The lowest BCUT2D eigenvalue weighted by atomic mass is 9.86. The monoisotopic (exact) mass is 572 g/mol. The molecule has 9 heteroatoms. The van der Waals surface area contributed by atoms with Crippen LogP contribution >= 0.6 is 0 Å². The van der Waals surface area contributed by atoms with E-state index < -0.39 is 0 Å². The van der Waals surface area contributed by atoms with E-state index >= 15 is 0 Å². The summed E-state index contributed by atoms with van der Waals surface area (Å²) in [5.41, 5.74) is 2.17. The molecule has 42 heavy (non-hydrogen) atoms. The molecule has 1 saturated carbocycles. The van der Waals surface area contributed by atoms with Crippen molar-refractivity contribution >= 4 is 11.8 Å². The van der Waals surface area contributed by atoms with Crippen LogP contribution < -0.4 is 5.32 Å². The number of ether oxygens (including phenoxy) is 1. The second kappa shape index (κ2) is 12.5. The van der Waals surface area contributed by atoms with Crippen molar-refractivity contribution < 1.29 is 14.3 Å². The fourth-order valence-electron chi connectivity index (χ4n) is 7.04. The molecule has 4 aliphatic rings. The number of morpholine rings is 1. The third-order valence-electron chi connectivity index (χ3n) is 9.33. The smallest absolute Gasteiger partial charge is 0.276 e. The zero-order valence-corrected chi connectivity index (χ0v) is 25.0. The van der Waals surface area contributed by atoms with Gasteiger partial charge in [-0.1, -0.05) is 61.6 Å². The van der Waals surface area contributed by atoms with Crippen LogP contribution in [0.2, 0.25) is 0 Å². The SMILES string of the molecule is CC(C)CN(C(=O)c1nnn(-c2ccccc2)c1CCC1C=CC=CC1)C1CC12CNC[C@H](C(=O)N1CCOCC1)C2. The Bertz CT molecular complexity index is 1310. The number of para-hydroxylation sites is 1. The van der Waals surface area contributed by atoms with Crippen molar-refractivity contribution in [1.29, 1.82) is 0 Å². The molecular weight excluding hydrogens is 528 g/mol. The van der Waals surface area contributed by atoms with Gasteiger partial charge in [-0.25, -0.2) is 4.68 Å². The third-order valence-corrected chi connectivity index (χ3v) is 9.33. The van der Waals surface area contributed by atoms with Crippen LogP contribution in [0.25, 0.3) is 5.69 Å². The summed E-state index contributed by atoms with van der Waals surface area (Å²) in [6.45, 7) is 9.04. The number of benzene rings is 1. The van der Waals surface area contributed by atoms with Gasteiger partial charge in [0.05, 0.1) is 30.5 Å². The highest BCUT2D eigenvalue weighted by molar-refractivity contribution is 5.94. The Hall–Kier alpha value is -3.30. The van der Waals surface area contributed by atoms with Crippen molar-refractivity contribution in [3.8, 4) is 5.69 Å². The standard InChI is InChI=1S/C33H44N6O3/c1-24(2)22-38(29-20-33(29)19-26(21-34-23-33)31(40)37-15-17-42-18-16-37)32(41)30-28(14-13-25-9-5-3-6-10-25)39(36-35-30)27-11-7-4-8-12-27/h3-9,11-12,24-26,29,34H,10,13-23H2,1-2H3/t25?,26-,29?,33?/m1/s1. The van der Waals surface area contributed by atoms with Crippen LogP contribution in [-0.2, 0) is 16.0 Å². The van der Waals surface area contributed by atoms with Gasteiger partial charge in [-0.2, -0.15) is 0 Å². The van der Waals surface area contributed by atoms with E-state index in [4.69, 9.17) is 4.74 Å². The van der Waals surface area contributed by atoms with Gasteiger partial charge in [-0.3, -0.25) is 9.59 Å². The Morgan fingerprint density at radius 1 is 1.14 bits per heavy atom. The maximum absolute atomic E-state index is 14.4. The lowest BCUT2D eigenvalue weighted by Crippen LogP contribution is -2.51. The first-order chi connectivity index (χ1) is 20.4. The number of aromatic nitrogens is 3. The van der Waals surface area contributed by atoms with E-state index in [2.05, 4.69) is 58.7 Å². The number of rotatable bonds is 9. The highest BCUT2D eigenvalue weighted by Gasteiger charge is 2.60. The summed E-state index contributed by atoms with van der Waals surface area (Å²) in [5, 5.41) is 12.6. The number of nitrogens with zero attached hydrogens (tertiary/aromatic N) is 5. The highest BCUT2D eigenvalue weighted by Crippen LogP contribution is 2.55. The largest absolute Gasteiger partial charge is 0.378 e. The molecule has 1 aromatic heterocycles. The first kappa shape index (κ1) is 28.8. The van der Waals surface area contributed by atoms with Gasteiger partial charge in [-0.05, 0) is 56.1 Å². The molecule has 1 aromatic carbocycles. The number of hydrogen-bond acceptors (Lipinski definition) is 6. The lowest BCUT2D eigenvalue weighted by Gasteiger charge is -2.36. The molecule has 1 spiro atoms. The maximum Gasteiger partial charge on any atom is 0.276 e. The molecule has 2 aromatic rings. The first-order valence-electron chi connectivity index (χ1n) is 15.7. The van der Waals surface area contributed by atoms with Crippen LogP contribution in [0, 0.1) is 23.2 Å². The quantitative estimate of drug-likeness (QED) is 0.493. The van der Waals surface area contributed by atoms with Gasteiger partial charge in [0.25, 0.3) is 5.91 Å². The summed E-state index contributed by atoms with van der Waals surface area (Å²) in [7, 11) is 0. The number of amides is 2. The predicted octanol–water partition coefficient (Wildman–Crippen LogP) is 3.66. The lowest BCUT2D eigenvalue weighted by molar-refractivity contribution is -0.141. The van der Waals surface area contributed by atoms with E-state index in [1.165, 1.54) is 0 Å². The Labute approximate surface area is 249 Å². The molecule has 6 rings (SSSR count). The molecule has 4 atom stereocenters. The van der Waals surface area contributed by atoms with Gasteiger partial charge < -0.3 is 19.9 Å². The average Bonchev–Trinajstić information content (AvgIpc) is 3.52. The van der Waals surface area contributed by atoms with Crippen molar-refractivity contribution in [2.45, 2.75) is 52.0 Å². The van der Waals surface area contributed by atoms with Crippen molar-refractivity contribution in [3.05, 3.63) is 66.0 Å². The fraction of sp³-hybridized carbons (Fsp3) is 0.576. The first-order valence-corrected chi connectivity index (χ1v) is 15.7. The zero-order chi connectivity index (χ0) is 29.1. The maximum atomic E-state index is 14.4. The van der Waals surface area contributed by atoms with E-state index in [-0.39, 0.29) is 29.2 Å². The molecule has 2 saturated heterocycles. The minimum atomic E-state index is -0.0791. The Morgan fingerprint density at radius 2 is 1.95 bits per heavy atom. The second-order valence-corrected chi connectivity index (χ2v) is 12.9. The molecule has 2 aliphatic heterocycles. The van der Waals surface area contributed by atoms with Gasteiger partial charge in [0.1, 0.15) is 0 Å². The fourth-order valence-corrected chi connectivity index (χ4v) is 7.04. The summed E-state index contributed by atoms with van der Waals surface area (Å²) in [6, 6.07) is 10.1. The minimum absolute atomic E-state index is 0.0385. The third kappa shape index (κ3) is 6.08.